The molecule has 0 aliphatic carbocycles. The molecule has 1 aromatic heterocycles. The second kappa shape index (κ2) is 10.9. The number of halogens is 1. The van der Waals surface area contributed by atoms with E-state index in [1.165, 1.54) is 22.3 Å². The smallest absolute Gasteiger partial charge is 0.248 e. The average Bonchev–Trinajstić information content (AvgIpc) is 3.37. The summed E-state index contributed by atoms with van der Waals surface area (Å²) in [6, 6.07) is 26.1. The normalized spacial score (nSPS) is 11.6. The van der Waals surface area contributed by atoms with Gasteiger partial charge in [-0.3, -0.25) is 14.5 Å². The topological polar surface area (TPSA) is 49.4 Å². The molecule has 172 valence electrons. The standard InChI is InChI=1S/C28H25FN2O2S/c1-20-14-15-23(17-25(20)29)31(26(32)18-24-13-8-16-34-24)27(22-11-6-3-7-12-22)28(33)30-19-21-9-4-2-5-10-21/h2-17,27H,18-19H2,1H3,(H,30,33)/t27-/m1/s1. The van der Waals surface area contributed by atoms with Crippen molar-refractivity contribution >= 4 is 28.8 Å². The summed E-state index contributed by atoms with van der Waals surface area (Å²) < 4.78 is 14.6. The molecular formula is C28H25FN2O2S. The number of carbonyl (C=O) groups is 2. The molecule has 0 unspecified atom stereocenters. The molecule has 0 saturated carbocycles. The highest BCUT2D eigenvalue weighted by Crippen LogP contribution is 2.30. The lowest BCUT2D eigenvalue weighted by Crippen LogP contribution is -2.44. The van der Waals surface area contributed by atoms with Gasteiger partial charge in [0.2, 0.25) is 11.8 Å². The van der Waals surface area contributed by atoms with Gasteiger partial charge < -0.3 is 5.32 Å². The number of carbonyl (C=O) groups excluding carboxylic acids is 2. The number of thiophene rings is 1. The third-order valence-corrected chi connectivity index (χ3v) is 6.42. The summed E-state index contributed by atoms with van der Waals surface area (Å²) in [7, 11) is 0. The Labute approximate surface area is 202 Å². The van der Waals surface area contributed by atoms with Crippen molar-refractivity contribution in [1.29, 1.82) is 0 Å². The van der Waals surface area contributed by atoms with E-state index in [9.17, 15) is 14.0 Å². The lowest BCUT2D eigenvalue weighted by atomic mass is 10.0. The third-order valence-electron chi connectivity index (χ3n) is 5.54. The zero-order valence-corrected chi connectivity index (χ0v) is 19.6. The zero-order chi connectivity index (χ0) is 23.9. The van der Waals surface area contributed by atoms with Crippen LogP contribution in [0.3, 0.4) is 0 Å². The number of aryl methyl sites for hydroxylation is 1. The molecule has 0 bridgehead atoms. The van der Waals surface area contributed by atoms with Gasteiger partial charge in [-0.1, -0.05) is 72.8 Å². The molecule has 0 saturated heterocycles. The van der Waals surface area contributed by atoms with Gasteiger partial charge in [0.1, 0.15) is 11.9 Å². The van der Waals surface area contributed by atoms with Gasteiger partial charge in [-0.2, -0.15) is 0 Å². The van der Waals surface area contributed by atoms with E-state index in [0.29, 0.717) is 23.4 Å². The molecule has 34 heavy (non-hydrogen) atoms. The van der Waals surface area contributed by atoms with Crippen LogP contribution in [0.4, 0.5) is 10.1 Å². The maximum atomic E-state index is 14.6. The van der Waals surface area contributed by atoms with E-state index in [-0.39, 0.29) is 18.2 Å². The molecule has 1 atom stereocenters. The molecule has 4 aromatic rings. The van der Waals surface area contributed by atoms with E-state index in [2.05, 4.69) is 5.32 Å². The van der Waals surface area contributed by atoms with Crippen LogP contribution in [-0.2, 0) is 22.6 Å². The third kappa shape index (κ3) is 5.58. The maximum absolute atomic E-state index is 14.6. The van der Waals surface area contributed by atoms with Gasteiger partial charge in [0.15, 0.2) is 0 Å². The summed E-state index contributed by atoms with van der Waals surface area (Å²) >= 11 is 1.47. The van der Waals surface area contributed by atoms with Crippen LogP contribution in [-0.4, -0.2) is 11.8 Å². The number of benzene rings is 3. The van der Waals surface area contributed by atoms with Crippen molar-refractivity contribution < 1.29 is 14.0 Å². The van der Waals surface area contributed by atoms with Gasteiger partial charge in [0.25, 0.3) is 0 Å². The van der Waals surface area contributed by atoms with Crippen molar-refractivity contribution in [2.45, 2.75) is 25.9 Å². The van der Waals surface area contributed by atoms with E-state index < -0.39 is 11.9 Å². The summed E-state index contributed by atoms with van der Waals surface area (Å²) in [5, 5.41) is 4.87. The van der Waals surface area contributed by atoms with Gasteiger partial charge in [-0.15, -0.1) is 11.3 Å². The minimum Gasteiger partial charge on any atom is -0.350 e. The van der Waals surface area contributed by atoms with Crippen molar-refractivity contribution in [1.82, 2.24) is 5.32 Å². The zero-order valence-electron chi connectivity index (χ0n) is 18.8. The van der Waals surface area contributed by atoms with Crippen LogP contribution < -0.4 is 10.2 Å². The molecule has 0 aliphatic rings. The van der Waals surface area contributed by atoms with Crippen molar-refractivity contribution in [3.05, 3.63) is 124 Å². The highest BCUT2D eigenvalue weighted by Gasteiger charge is 2.33. The Balaban J connectivity index is 1.74. The molecule has 0 spiro atoms. The lowest BCUT2D eigenvalue weighted by molar-refractivity contribution is -0.126. The fourth-order valence-corrected chi connectivity index (χ4v) is 4.45. The summed E-state index contributed by atoms with van der Waals surface area (Å²) in [6.45, 7) is 1.98. The molecular weight excluding hydrogens is 447 g/mol. The second-order valence-corrected chi connectivity index (χ2v) is 9.00. The van der Waals surface area contributed by atoms with E-state index in [1.54, 1.807) is 19.1 Å². The Kier molecular flexibility index (Phi) is 7.50. The van der Waals surface area contributed by atoms with E-state index in [0.717, 1.165) is 10.4 Å². The van der Waals surface area contributed by atoms with Crippen molar-refractivity contribution in [3.8, 4) is 0 Å². The molecule has 4 rings (SSSR count). The van der Waals surface area contributed by atoms with Crippen LogP contribution in [0.25, 0.3) is 0 Å². The van der Waals surface area contributed by atoms with Crippen LogP contribution in [0.5, 0.6) is 0 Å². The molecule has 0 aliphatic heterocycles. The van der Waals surface area contributed by atoms with Crippen LogP contribution in [0.1, 0.15) is 27.6 Å². The fraction of sp³-hybridized carbons (Fsp3) is 0.143. The van der Waals surface area contributed by atoms with Gasteiger partial charge in [0.05, 0.1) is 6.42 Å². The first-order valence-electron chi connectivity index (χ1n) is 11.0. The van der Waals surface area contributed by atoms with Crippen LogP contribution in [0.2, 0.25) is 0 Å². The van der Waals surface area contributed by atoms with Crippen LogP contribution in [0, 0.1) is 12.7 Å². The fourth-order valence-electron chi connectivity index (χ4n) is 3.75. The van der Waals surface area contributed by atoms with Crippen molar-refractivity contribution in [2.24, 2.45) is 0 Å². The molecule has 6 heteroatoms. The van der Waals surface area contributed by atoms with Gasteiger partial charge in [-0.25, -0.2) is 4.39 Å². The molecule has 3 aromatic carbocycles. The summed E-state index contributed by atoms with van der Waals surface area (Å²) in [4.78, 5) is 29.5. The Morgan fingerprint density at radius 2 is 1.65 bits per heavy atom. The predicted octanol–water partition coefficient (Wildman–Crippen LogP) is 5.83. The highest BCUT2D eigenvalue weighted by atomic mass is 32.1. The first kappa shape index (κ1) is 23.4. The van der Waals surface area contributed by atoms with Crippen molar-refractivity contribution in [2.75, 3.05) is 4.90 Å². The molecule has 4 nitrogen and oxygen atoms in total. The number of hydrogen-bond donors (Lipinski definition) is 1. The minimum atomic E-state index is -0.959. The van der Waals surface area contributed by atoms with E-state index in [1.807, 2.05) is 78.2 Å². The quantitative estimate of drug-likeness (QED) is 0.351. The van der Waals surface area contributed by atoms with Gasteiger partial charge in [0, 0.05) is 17.1 Å². The van der Waals surface area contributed by atoms with Crippen LogP contribution in [0.15, 0.2) is 96.4 Å². The number of hydrogen-bond acceptors (Lipinski definition) is 3. The number of anilines is 1. The minimum absolute atomic E-state index is 0.114. The molecule has 2 amide bonds. The number of nitrogens with one attached hydrogen (secondary N) is 1. The summed E-state index contributed by atoms with van der Waals surface area (Å²) in [5.41, 5.74) is 2.40. The first-order valence-corrected chi connectivity index (χ1v) is 11.9. The van der Waals surface area contributed by atoms with Gasteiger partial charge >= 0.3 is 0 Å². The van der Waals surface area contributed by atoms with E-state index in [4.69, 9.17) is 0 Å². The molecule has 0 radical (unpaired) electrons. The number of rotatable bonds is 8. The predicted molar refractivity (Wildman–Crippen MR) is 134 cm³/mol. The number of amides is 2. The molecule has 1 heterocycles. The van der Waals surface area contributed by atoms with Crippen LogP contribution >= 0.6 is 11.3 Å². The average molecular weight is 473 g/mol. The Morgan fingerprint density at radius 3 is 2.29 bits per heavy atom. The Bertz CT molecular complexity index is 1240. The summed E-state index contributed by atoms with van der Waals surface area (Å²) in [6.07, 6.45) is 0.114. The lowest BCUT2D eigenvalue weighted by Gasteiger charge is -2.32. The monoisotopic (exact) mass is 472 g/mol. The Hall–Kier alpha value is -3.77. The highest BCUT2D eigenvalue weighted by molar-refractivity contribution is 7.10. The van der Waals surface area contributed by atoms with Gasteiger partial charge in [-0.05, 0) is 47.2 Å². The maximum Gasteiger partial charge on any atom is 0.248 e. The summed E-state index contributed by atoms with van der Waals surface area (Å²) in [5.74, 6) is -1.05. The molecule has 0 fully saturated rings. The Morgan fingerprint density at radius 1 is 0.941 bits per heavy atom. The van der Waals surface area contributed by atoms with E-state index >= 15 is 0 Å². The second-order valence-electron chi connectivity index (χ2n) is 7.97. The largest absolute Gasteiger partial charge is 0.350 e. The molecule has 1 N–H and O–H groups in total. The van der Waals surface area contributed by atoms with Crippen molar-refractivity contribution in [3.63, 3.8) is 0 Å². The SMILES string of the molecule is Cc1ccc(N(C(=O)Cc2cccs2)[C@@H](C(=O)NCc2ccccc2)c2ccccc2)cc1F. The number of nitrogens with zero attached hydrogens (tertiary/aromatic N) is 1. The first-order chi connectivity index (χ1) is 16.5.